The lowest BCUT2D eigenvalue weighted by Gasteiger charge is -2.06. The fourth-order valence-electron chi connectivity index (χ4n) is 2.07. The van der Waals surface area contributed by atoms with Gasteiger partial charge in [0.15, 0.2) is 5.82 Å². The number of fused-ring (bicyclic) bond motifs is 1. The van der Waals surface area contributed by atoms with E-state index in [1.807, 2.05) is 30.9 Å². The lowest BCUT2D eigenvalue weighted by atomic mass is 10.3. The Morgan fingerprint density at radius 3 is 2.80 bits per heavy atom. The van der Waals surface area contributed by atoms with E-state index in [1.54, 1.807) is 11.3 Å². The van der Waals surface area contributed by atoms with Crippen LogP contribution >= 0.6 is 11.3 Å². The van der Waals surface area contributed by atoms with Crippen molar-refractivity contribution in [2.75, 3.05) is 11.9 Å². The summed E-state index contributed by atoms with van der Waals surface area (Å²) in [7, 11) is 0. The molecule has 20 heavy (non-hydrogen) atoms. The van der Waals surface area contributed by atoms with Crippen LogP contribution in [0.4, 0.5) is 5.95 Å². The van der Waals surface area contributed by atoms with Crippen LogP contribution in [-0.4, -0.2) is 26.3 Å². The van der Waals surface area contributed by atoms with Crippen molar-refractivity contribution in [1.29, 1.82) is 0 Å². The molecule has 0 aliphatic rings. The third-order valence-electron chi connectivity index (χ3n) is 3.04. The summed E-state index contributed by atoms with van der Waals surface area (Å²) in [6, 6.07) is 2.17. The minimum Gasteiger partial charge on any atom is -0.354 e. The molecule has 0 aliphatic carbocycles. The second-order valence-electron chi connectivity index (χ2n) is 4.65. The van der Waals surface area contributed by atoms with Gasteiger partial charge < -0.3 is 5.32 Å². The van der Waals surface area contributed by atoms with Crippen molar-refractivity contribution in [2.24, 2.45) is 0 Å². The minimum absolute atomic E-state index is 0.660. The van der Waals surface area contributed by atoms with Gasteiger partial charge in [0.25, 0.3) is 0 Å². The summed E-state index contributed by atoms with van der Waals surface area (Å²) >= 11 is 1.72. The number of nitrogens with zero attached hydrogens (tertiary/aromatic N) is 4. The molecule has 5 nitrogen and oxygen atoms in total. The van der Waals surface area contributed by atoms with Crippen molar-refractivity contribution < 1.29 is 0 Å². The molecule has 0 aromatic carbocycles. The first kappa shape index (κ1) is 13.1. The molecule has 0 amide bonds. The standard InChI is InChI=1S/C14H17N5S/c1-4-10-6-11-12(19-8-9(3)7-16-19)17-14(15-5-2)18-13(11)20-10/h6-8H,4-5H2,1-3H3,(H,15,17,18). The molecule has 104 valence electrons. The number of anilines is 1. The first-order valence-electron chi connectivity index (χ1n) is 6.77. The third-order valence-corrected chi connectivity index (χ3v) is 4.21. The predicted octanol–water partition coefficient (Wildman–Crippen LogP) is 3.18. The largest absolute Gasteiger partial charge is 0.354 e. The summed E-state index contributed by atoms with van der Waals surface area (Å²) in [4.78, 5) is 11.5. The molecule has 0 fully saturated rings. The maximum atomic E-state index is 4.61. The van der Waals surface area contributed by atoms with E-state index in [1.165, 1.54) is 4.88 Å². The van der Waals surface area contributed by atoms with Gasteiger partial charge in [0, 0.05) is 17.6 Å². The first-order chi connectivity index (χ1) is 9.71. The number of thiophene rings is 1. The number of hydrogen-bond acceptors (Lipinski definition) is 5. The lowest BCUT2D eigenvalue weighted by molar-refractivity contribution is 0.851. The highest BCUT2D eigenvalue weighted by Gasteiger charge is 2.13. The highest BCUT2D eigenvalue weighted by atomic mass is 32.1. The summed E-state index contributed by atoms with van der Waals surface area (Å²) in [6.45, 7) is 7.02. The van der Waals surface area contributed by atoms with E-state index in [9.17, 15) is 0 Å². The molecule has 0 radical (unpaired) electrons. The van der Waals surface area contributed by atoms with Gasteiger partial charge in [-0.3, -0.25) is 0 Å². The Bertz CT molecular complexity index is 743. The third kappa shape index (κ3) is 2.27. The van der Waals surface area contributed by atoms with Crippen LogP contribution in [0.1, 0.15) is 24.3 Å². The van der Waals surface area contributed by atoms with Crippen molar-refractivity contribution in [3.63, 3.8) is 0 Å². The highest BCUT2D eigenvalue weighted by Crippen LogP contribution is 2.29. The molecule has 3 heterocycles. The van der Waals surface area contributed by atoms with Gasteiger partial charge in [0.05, 0.1) is 11.6 Å². The van der Waals surface area contributed by atoms with E-state index in [0.29, 0.717) is 5.95 Å². The van der Waals surface area contributed by atoms with Gasteiger partial charge in [0.1, 0.15) is 4.83 Å². The predicted molar refractivity (Wildman–Crippen MR) is 82.8 cm³/mol. The molecule has 6 heteroatoms. The van der Waals surface area contributed by atoms with Crippen LogP contribution in [0.25, 0.3) is 16.0 Å². The zero-order chi connectivity index (χ0) is 14.1. The Labute approximate surface area is 121 Å². The van der Waals surface area contributed by atoms with Gasteiger partial charge in [-0.1, -0.05) is 6.92 Å². The van der Waals surface area contributed by atoms with Crippen molar-refractivity contribution in [3.8, 4) is 5.82 Å². The van der Waals surface area contributed by atoms with Crippen LogP contribution < -0.4 is 5.32 Å². The molecule has 0 unspecified atom stereocenters. The van der Waals surface area contributed by atoms with Crippen LogP contribution in [0, 0.1) is 6.92 Å². The summed E-state index contributed by atoms with van der Waals surface area (Å²) in [5, 5.41) is 8.63. The Kier molecular flexibility index (Phi) is 3.40. The van der Waals surface area contributed by atoms with Crippen LogP contribution in [0.2, 0.25) is 0 Å². The van der Waals surface area contributed by atoms with Crippen LogP contribution in [-0.2, 0) is 6.42 Å². The highest BCUT2D eigenvalue weighted by molar-refractivity contribution is 7.18. The van der Waals surface area contributed by atoms with E-state index in [4.69, 9.17) is 0 Å². The lowest BCUT2D eigenvalue weighted by Crippen LogP contribution is -2.06. The zero-order valence-corrected chi connectivity index (χ0v) is 12.7. The molecule has 3 aromatic rings. The van der Waals surface area contributed by atoms with E-state index in [-0.39, 0.29) is 0 Å². The Balaban J connectivity index is 2.23. The smallest absolute Gasteiger partial charge is 0.226 e. The monoisotopic (exact) mass is 287 g/mol. The molecular formula is C14H17N5S. The van der Waals surface area contributed by atoms with Crippen LogP contribution in [0.5, 0.6) is 0 Å². The van der Waals surface area contributed by atoms with E-state index >= 15 is 0 Å². The molecule has 3 rings (SSSR count). The van der Waals surface area contributed by atoms with Gasteiger partial charge >= 0.3 is 0 Å². The second-order valence-corrected chi connectivity index (χ2v) is 5.76. The Morgan fingerprint density at radius 2 is 2.15 bits per heavy atom. The molecule has 1 N–H and O–H groups in total. The summed E-state index contributed by atoms with van der Waals surface area (Å²) < 4.78 is 1.83. The average molecular weight is 287 g/mol. The van der Waals surface area contributed by atoms with Crippen molar-refractivity contribution >= 4 is 27.5 Å². The maximum Gasteiger partial charge on any atom is 0.226 e. The second kappa shape index (κ2) is 5.20. The summed E-state index contributed by atoms with van der Waals surface area (Å²) in [6.07, 6.45) is 4.84. The van der Waals surface area contributed by atoms with Crippen LogP contribution in [0.15, 0.2) is 18.5 Å². The topological polar surface area (TPSA) is 55.6 Å². The molecule has 0 spiro atoms. The summed E-state index contributed by atoms with van der Waals surface area (Å²) in [5.41, 5.74) is 1.12. The minimum atomic E-state index is 0.660. The molecular weight excluding hydrogens is 270 g/mol. The molecule has 0 bridgehead atoms. The van der Waals surface area contributed by atoms with Crippen molar-refractivity contribution in [1.82, 2.24) is 19.7 Å². The maximum absolute atomic E-state index is 4.61. The molecule has 0 saturated carbocycles. The van der Waals surface area contributed by atoms with Gasteiger partial charge in [-0.05, 0) is 31.9 Å². The average Bonchev–Trinajstić information content (AvgIpc) is 3.04. The molecule has 0 atom stereocenters. The fourth-order valence-corrected chi connectivity index (χ4v) is 3.03. The normalized spacial score (nSPS) is 11.2. The van der Waals surface area contributed by atoms with Gasteiger partial charge in [-0.25, -0.2) is 9.67 Å². The Hall–Kier alpha value is -1.95. The Morgan fingerprint density at radius 1 is 1.30 bits per heavy atom. The van der Waals surface area contributed by atoms with Gasteiger partial charge in [0.2, 0.25) is 5.95 Å². The number of nitrogens with one attached hydrogen (secondary N) is 1. The van der Waals surface area contributed by atoms with Crippen molar-refractivity contribution in [2.45, 2.75) is 27.2 Å². The van der Waals surface area contributed by atoms with E-state index < -0.39 is 0 Å². The van der Waals surface area contributed by atoms with Crippen molar-refractivity contribution in [3.05, 3.63) is 28.9 Å². The molecule has 0 saturated heterocycles. The molecule has 3 aromatic heterocycles. The van der Waals surface area contributed by atoms with Gasteiger partial charge in [-0.15, -0.1) is 11.3 Å². The van der Waals surface area contributed by atoms with E-state index in [0.717, 1.165) is 34.6 Å². The number of aryl methyl sites for hydroxylation is 2. The quantitative estimate of drug-likeness (QED) is 0.800. The SMILES string of the molecule is CCNc1nc(-n2cc(C)cn2)c2cc(CC)sc2n1. The fraction of sp³-hybridized carbons (Fsp3) is 0.357. The zero-order valence-electron chi connectivity index (χ0n) is 11.8. The first-order valence-corrected chi connectivity index (χ1v) is 7.59. The van der Waals surface area contributed by atoms with Gasteiger partial charge in [-0.2, -0.15) is 10.1 Å². The van der Waals surface area contributed by atoms with E-state index in [2.05, 4.69) is 33.4 Å². The molecule has 0 aliphatic heterocycles. The summed E-state index contributed by atoms with van der Waals surface area (Å²) in [5.74, 6) is 1.50. The number of hydrogen-bond donors (Lipinski definition) is 1. The number of rotatable bonds is 4. The van der Waals surface area contributed by atoms with Crippen LogP contribution in [0.3, 0.4) is 0 Å². The number of aromatic nitrogens is 4.